The number of carbonyl (C=O) groups excluding carboxylic acids is 2. The number of hydrogen-bond donors (Lipinski definition) is 0. The van der Waals surface area contributed by atoms with Crippen LogP contribution in [0.5, 0.6) is 0 Å². The van der Waals surface area contributed by atoms with Crippen LogP contribution in [0.25, 0.3) is 0 Å². The van der Waals surface area contributed by atoms with Crippen molar-refractivity contribution in [1.29, 1.82) is 0 Å². The summed E-state index contributed by atoms with van der Waals surface area (Å²) >= 11 is 0. The van der Waals surface area contributed by atoms with E-state index in [1.54, 1.807) is 19.1 Å². The van der Waals surface area contributed by atoms with Crippen LogP contribution in [0.1, 0.15) is 27.7 Å². The second-order valence-corrected chi connectivity index (χ2v) is 4.63. The zero-order chi connectivity index (χ0) is 12.4. The van der Waals surface area contributed by atoms with Crippen molar-refractivity contribution in [2.45, 2.75) is 33.2 Å². The Hall–Kier alpha value is -1.76. The zero-order valence-corrected chi connectivity index (χ0v) is 9.87. The van der Waals surface area contributed by atoms with E-state index in [2.05, 4.69) is 9.98 Å². The second kappa shape index (κ2) is 4.01. The lowest BCUT2D eigenvalue weighted by Crippen LogP contribution is -2.29. The Kier molecular flexibility index (Phi) is 3.09. The number of rotatable bonds is 2. The zero-order valence-electron chi connectivity index (χ0n) is 9.87. The number of allylic oxidation sites excluding steroid dienone is 1. The molecule has 0 heterocycles. The van der Waals surface area contributed by atoms with Gasteiger partial charge in [0.2, 0.25) is 12.2 Å². The summed E-state index contributed by atoms with van der Waals surface area (Å²) in [5.74, 6) is 0. The van der Waals surface area contributed by atoms with E-state index in [4.69, 9.17) is 0 Å². The summed E-state index contributed by atoms with van der Waals surface area (Å²) in [5.41, 5.74) is 0.395. The van der Waals surface area contributed by atoms with Gasteiger partial charge in [0.15, 0.2) is 0 Å². The van der Waals surface area contributed by atoms with E-state index >= 15 is 0 Å². The van der Waals surface area contributed by atoms with Crippen LogP contribution in [0.2, 0.25) is 0 Å². The molecule has 0 amide bonds. The molecule has 0 aromatic heterocycles. The molecular weight excluding hydrogens is 204 g/mol. The van der Waals surface area contributed by atoms with Crippen LogP contribution in [-0.4, -0.2) is 17.7 Å². The average Bonchev–Trinajstić information content (AvgIpc) is 2.15. The summed E-state index contributed by atoms with van der Waals surface area (Å²) in [6.45, 7) is 7.54. The Morgan fingerprint density at radius 3 is 2.25 bits per heavy atom. The predicted octanol–water partition coefficient (Wildman–Crippen LogP) is 2.29. The van der Waals surface area contributed by atoms with Crippen LogP contribution >= 0.6 is 0 Å². The van der Waals surface area contributed by atoms with Gasteiger partial charge >= 0.3 is 0 Å². The monoisotopic (exact) mass is 218 g/mol. The minimum Gasteiger partial charge on any atom is -0.211 e. The molecule has 0 saturated carbocycles. The molecule has 0 aromatic carbocycles. The van der Waals surface area contributed by atoms with Crippen LogP contribution < -0.4 is 0 Å². The lowest BCUT2D eigenvalue weighted by molar-refractivity contribution is 0.505. The molecule has 4 heteroatoms. The minimum atomic E-state index is -0.757. The molecule has 1 aliphatic carbocycles. The molecule has 1 aliphatic rings. The van der Waals surface area contributed by atoms with E-state index in [9.17, 15) is 9.59 Å². The molecule has 0 saturated heterocycles. The first kappa shape index (κ1) is 12.3. The third kappa shape index (κ3) is 2.08. The van der Waals surface area contributed by atoms with Crippen LogP contribution in [0.4, 0.5) is 0 Å². The number of aliphatic imine (C=N–C) groups is 2. The topological polar surface area (TPSA) is 58.9 Å². The van der Waals surface area contributed by atoms with Crippen molar-refractivity contribution in [2.24, 2.45) is 15.4 Å². The fourth-order valence-corrected chi connectivity index (χ4v) is 1.77. The SMILES string of the molecule is CC1=CC(C)(C)C(N=C=O)=CC1(C)N=C=O. The van der Waals surface area contributed by atoms with Gasteiger partial charge in [-0.25, -0.2) is 9.59 Å². The summed E-state index contributed by atoms with van der Waals surface area (Å²) in [6.07, 6.45) is 6.73. The highest BCUT2D eigenvalue weighted by Crippen LogP contribution is 2.40. The largest absolute Gasteiger partial charge is 0.240 e. The summed E-state index contributed by atoms with van der Waals surface area (Å²) in [7, 11) is 0. The first-order valence-electron chi connectivity index (χ1n) is 4.96. The molecule has 0 radical (unpaired) electrons. The maximum absolute atomic E-state index is 10.4. The summed E-state index contributed by atoms with van der Waals surface area (Å²) in [5, 5.41) is 0. The van der Waals surface area contributed by atoms with Crippen LogP contribution in [0.15, 0.2) is 33.4 Å². The van der Waals surface area contributed by atoms with Crippen molar-refractivity contribution in [2.75, 3.05) is 0 Å². The molecule has 1 atom stereocenters. The van der Waals surface area contributed by atoms with Crippen LogP contribution in [-0.2, 0) is 9.59 Å². The van der Waals surface area contributed by atoms with E-state index in [1.165, 1.54) is 6.08 Å². The lowest BCUT2D eigenvalue weighted by atomic mass is 9.75. The van der Waals surface area contributed by atoms with Gasteiger partial charge in [0.1, 0.15) is 5.54 Å². The molecule has 84 valence electrons. The molecule has 4 nitrogen and oxygen atoms in total. The highest BCUT2D eigenvalue weighted by atomic mass is 16.1. The van der Waals surface area contributed by atoms with E-state index < -0.39 is 5.54 Å². The summed E-state index contributed by atoms with van der Waals surface area (Å²) in [4.78, 5) is 28.2. The fourth-order valence-electron chi connectivity index (χ4n) is 1.77. The van der Waals surface area contributed by atoms with Crippen molar-refractivity contribution in [3.63, 3.8) is 0 Å². The number of isocyanates is 2. The third-order valence-electron chi connectivity index (χ3n) is 2.90. The van der Waals surface area contributed by atoms with Gasteiger partial charge in [0.05, 0.1) is 5.70 Å². The fraction of sp³-hybridized carbons (Fsp3) is 0.500. The van der Waals surface area contributed by atoms with Crippen LogP contribution in [0.3, 0.4) is 0 Å². The van der Waals surface area contributed by atoms with E-state index in [1.807, 2.05) is 26.8 Å². The standard InChI is InChI=1S/C12H14N2O2/c1-9-5-11(2,3)10(13-7-15)6-12(9,4)14-8-16/h5-6H,1-4H3. The Balaban J connectivity index is 3.38. The normalized spacial score (nSPS) is 27.0. The Morgan fingerprint density at radius 1 is 1.12 bits per heavy atom. The molecule has 16 heavy (non-hydrogen) atoms. The molecule has 1 rings (SSSR count). The lowest BCUT2D eigenvalue weighted by Gasteiger charge is -2.33. The Bertz CT molecular complexity index is 461. The van der Waals surface area contributed by atoms with Gasteiger partial charge in [-0.2, -0.15) is 9.98 Å². The molecule has 1 unspecified atom stereocenters. The van der Waals surface area contributed by atoms with E-state index in [0.717, 1.165) is 5.57 Å². The first-order valence-corrected chi connectivity index (χ1v) is 4.96. The van der Waals surface area contributed by atoms with Gasteiger partial charge in [-0.15, -0.1) is 0 Å². The molecule has 0 fully saturated rings. The van der Waals surface area contributed by atoms with Gasteiger partial charge in [-0.3, -0.25) is 0 Å². The molecule has 0 aliphatic heterocycles. The predicted molar refractivity (Wildman–Crippen MR) is 60.3 cm³/mol. The van der Waals surface area contributed by atoms with Crippen molar-refractivity contribution in [1.82, 2.24) is 0 Å². The molecule has 0 aromatic rings. The smallest absolute Gasteiger partial charge is 0.211 e. The van der Waals surface area contributed by atoms with Gasteiger partial charge in [0, 0.05) is 5.41 Å². The summed E-state index contributed by atoms with van der Waals surface area (Å²) < 4.78 is 0. The maximum Gasteiger partial charge on any atom is 0.240 e. The molecule has 0 spiro atoms. The number of nitrogens with zero attached hydrogens (tertiary/aromatic N) is 2. The van der Waals surface area contributed by atoms with Gasteiger partial charge < -0.3 is 0 Å². The first-order chi connectivity index (χ1) is 7.35. The van der Waals surface area contributed by atoms with Crippen molar-refractivity contribution in [3.8, 4) is 0 Å². The van der Waals surface area contributed by atoms with E-state index in [0.29, 0.717) is 5.70 Å². The van der Waals surface area contributed by atoms with Gasteiger partial charge in [-0.05, 0) is 25.5 Å². The molecular formula is C12H14N2O2. The summed E-state index contributed by atoms with van der Waals surface area (Å²) in [6, 6.07) is 0. The molecule has 0 N–H and O–H groups in total. The quantitative estimate of drug-likeness (QED) is 0.405. The van der Waals surface area contributed by atoms with Crippen molar-refractivity contribution in [3.05, 3.63) is 23.4 Å². The van der Waals surface area contributed by atoms with Crippen molar-refractivity contribution >= 4 is 12.2 Å². The Labute approximate surface area is 94.5 Å². The third-order valence-corrected chi connectivity index (χ3v) is 2.90. The Morgan fingerprint density at radius 2 is 1.75 bits per heavy atom. The van der Waals surface area contributed by atoms with Crippen LogP contribution in [0, 0.1) is 5.41 Å². The highest BCUT2D eigenvalue weighted by molar-refractivity contribution is 5.48. The van der Waals surface area contributed by atoms with E-state index in [-0.39, 0.29) is 5.41 Å². The van der Waals surface area contributed by atoms with Gasteiger partial charge in [-0.1, -0.05) is 19.9 Å². The number of hydrogen-bond acceptors (Lipinski definition) is 4. The highest BCUT2D eigenvalue weighted by Gasteiger charge is 2.35. The second-order valence-electron chi connectivity index (χ2n) is 4.63. The maximum atomic E-state index is 10.4. The molecule has 0 bridgehead atoms. The average molecular weight is 218 g/mol. The van der Waals surface area contributed by atoms with Gasteiger partial charge in [0.25, 0.3) is 0 Å². The minimum absolute atomic E-state index is 0.348. The van der Waals surface area contributed by atoms with Crippen molar-refractivity contribution < 1.29 is 9.59 Å².